The van der Waals surface area contributed by atoms with Gasteiger partial charge in [-0.15, -0.1) is 0 Å². The number of ether oxygens (including phenoxy) is 2. The van der Waals surface area contributed by atoms with Gasteiger partial charge in [0.05, 0.1) is 5.69 Å². The van der Waals surface area contributed by atoms with Crippen molar-refractivity contribution in [3.63, 3.8) is 0 Å². The highest BCUT2D eigenvalue weighted by Gasteiger charge is 2.13. The third kappa shape index (κ3) is 3.25. The minimum absolute atomic E-state index is 0.0109. The molecule has 22 heavy (non-hydrogen) atoms. The molecule has 0 aromatic heterocycles. The summed E-state index contributed by atoms with van der Waals surface area (Å²) in [5.74, 6) is 0.261. The Morgan fingerprint density at radius 3 is 2.77 bits per heavy atom. The maximum atomic E-state index is 13.5. The van der Waals surface area contributed by atoms with Crippen LogP contribution >= 0.6 is 12.2 Å². The summed E-state index contributed by atoms with van der Waals surface area (Å²) < 4.78 is 37.1. The summed E-state index contributed by atoms with van der Waals surface area (Å²) in [4.78, 5) is 0. The molecule has 1 aliphatic rings. The zero-order valence-electron chi connectivity index (χ0n) is 11.4. The van der Waals surface area contributed by atoms with E-state index in [1.165, 1.54) is 0 Å². The maximum absolute atomic E-state index is 13.5. The number of anilines is 1. The second kappa shape index (κ2) is 6.15. The highest BCUT2D eigenvalue weighted by Crippen LogP contribution is 2.32. The molecule has 0 amide bonds. The molecule has 0 atom stereocenters. The minimum atomic E-state index is -0.575. The van der Waals surface area contributed by atoms with Gasteiger partial charge in [-0.2, -0.15) is 0 Å². The molecule has 2 aromatic rings. The summed E-state index contributed by atoms with van der Waals surface area (Å²) in [6.07, 6.45) is 0. The lowest BCUT2D eigenvalue weighted by Gasteiger charge is -2.11. The molecule has 0 unspecified atom stereocenters. The van der Waals surface area contributed by atoms with Crippen LogP contribution in [0.5, 0.6) is 11.5 Å². The van der Waals surface area contributed by atoms with Crippen LogP contribution in [0.15, 0.2) is 36.4 Å². The van der Waals surface area contributed by atoms with Crippen LogP contribution in [0.3, 0.4) is 0 Å². The van der Waals surface area contributed by atoms with Crippen molar-refractivity contribution in [2.45, 2.75) is 6.54 Å². The minimum Gasteiger partial charge on any atom is -0.454 e. The Kier molecular flexibility index (Phi) is 4.06. The highest BCUT2D eigenvalue weighted by atomic mass is 32.1. The lowest BCUT2D eigenvalue weighted by atomic mass is 10.2. The van der Waals surface area contributed by atoms with Gasteiger partial charge in [-0.05, 0) is 42.0 Å². The number of fused-ring (bicyclic) bond motifs is 1. The third-order valence-corrected chi connectivity index (χ3v) is 3.31. The molecule has 0 radical (unpaired) electrons. The predicted octanol–water partition coefficient (Wildman–Crippen LogP) is 3.18. The second-order valence-corrected chi connectivity index (χ2v) is 5.03. The smallest absolute Gasteiger partial charge is 0.231 e. The van der Waals surface area contributed by atoms with Crippen LogP contribution in [0.1, 0.15) is 5.56 Å². The Labute approximate surface area is 131 Å². The van der Waals surface area contributed by atoms with Crippen LogP contribution in [-0.2, 0) is 6.54 Å². The molecule has 3 rings (SSSR count). The molecule has 0 aliphatic carbocycles. The van der Waals surface area contributed by atoms with E-state index in [1.54, 1.807) is 0 Å². The Balaban J connectivity index is 1.59. The van der Waals surface area contributed by atoms with E-state index in [2.05, 4.69) is 10.6 Å². The number of nitrogens with one attached hydrogen (secondary N) is 2. The van der Waals surface area contributed by atoms with Crippen LogP contribution in [0.2, 0.25) is 0 Å². The average molecular weight is 322 g/mol. The molecule has 0 saturated heterocycles. The van der Waals surface area contributed by atoms with Gasteiger partial charge in [0, 0.05) is 12.6 Å². The number of thiocarbonyl (C=S) groups is 1. The lowest BCUT2D eigenvalue weighted by molar-refractivity contribution is 0.174. The summed E-state index contributed by atoms with van der Waals surface area (Å²) in [7, 11) is 0. The van der Waals surface area contributed by atoms with Crippen LogP contribution in [0.4, 0.5) is 14.5 Å². The first kappa shape index (κ1) is 14.5. The summed E-state index contributed by atoms with van der Waals surface area (Å²) in [5.41, 5.74) is 0.913. The van der Waals surface area contributed by atoms with Crippen LogP contribution in [0, 0.1) is 11.6 Å². The Bertz CT molecular complexity index is 725. The molecule has 0 fully saturated rings. The second-order valence-electron chi connectivity index (χ2n) is 4.62. The van der Waals surface area contributed by atoms with Crippen LogP contribution in [-0.4, -0.2) is 11.9 Å². The number of hydrogen-bond acceptors (Lipinski definition) is 3. The Morgan fingerprint density at radius 1 is 1.09 bits per heavy atom. The molecule has 0 saturated carbocycles. The summed E-state index contributed by atoms with van der Waals surface area (Å²) >= 11 is 5.07. The number of benzene rings is 2. The molecule has 1 aliphatic heterocycles. The Hall–Kier alpha value is -2.41. The summed E-state index contributed by atoms with van der Waals surface area (Å²) in [6, 6.07) is 8.64. The van der Waals surface area contributed by atoms with E-state index >= 15 is 0 Å². The van der Waals surface area contributed by atoms with Gasteiger partial charge in [0.25, 0.3) is 0 Å². The zero-order chi connectivity index (χ0) is 15.5. The number of rotatable bonds is 3. The first-order valence-corrected chi connectivity index (χ1v) is 6.91. The molecule has 4 nitrogen and oxygen atoms in total. The van der Waals surface area contributed by atoms with E-state index in [9.17, 15) is 8.78 Å². The number of hydrogen-bond donors (Lipinski definition) is 2. The van der Waals surface area contributed by atoms with Gasteiger partial charge < -0.3 is 20.1 Å². The normalized spacial score (nSPS) is 12.1. The molecule has 1 heterocycles. The Morgan fingerprint density at radius 2 is 1.91 bits per heavy atom. The monoisotopic (exact) mass is 322 g/mol. The fraction of sp³-hybridized carbons (Fsp3) is 0.133. The molecule has 2 N–H and O–H groups in total. The van der Waals surface area contributed by atoms with Gasteiger partial charge in [-0.3, -0.25) is 0 Å². The van der Waals surface area contributed by atoms with E-state index < -0.39 is 11.6 Å². The van der Waals surface area contributed by atoms with Crippen molar-refractivity contribution in [2.24, 2.45) is 0 Å². The summed E-state index contributed by atoms with van der Waals surface area (Å²) in [6.45, 7) is 0.629. The van der Waals surface area contributed by atoms with Gasteiger partial charge in [-0.1, -0.05) is 6.07 Å². The van der Waals surface area contributed by atoms with Crippen molar-refractivity contribution in [3.05, 3.63) is 53.6 Å². The quantitative estimate of drug-likeness (QED) is 0.850. The topological polar surface area (TPSA) is 42.5 Å². The molecule has 7 heteroatoms. The first-order valence-electron chi connectivity index (χ1n) is 6.50. The van der Waals surface area contributed by atoms with Crippen molar-refractivity contribution in [1.29, 1.82) is 0 Å². The van der Waals surface area contributed by atoms with E-state index in [-0.39, 0.29) is 17.6 Å². The van der Waals surface area contributed by atoms with E-state index in [0.29, 0.717) is 18.0 Å². The molecular weight excluding hydrogens is 310 g/mol. The van der Waals surface area contributed by atoms with Crippen LogP contribution < -0.4 is 20.1 Å². The predicted molar refractivity (Wildman–Crippen MR) is 82.0 cm³/mol. The van der Waals surface area contributed by atoms with Gasteiger partial charge >= 0.3 is 0 Å². The maximum Gasteiger partial charge on any atom is 0.231 e. The highest BCUT2D eigenvalue weighted by molar-refractivity contribution is 7.80. The summed E-state index contributed by atoms with van der Waals surface area (Å²) in [5, 5.41) is 5.74. The fourth-order valence-electron chi connectivity index (χ4n) is 1.99. The van der Waals surface area contributed by atoms with Crippen molar-refractivity contribution in [3.8, 4) is 11.5 Å². The van der Waals surface area contributed by atoms with Crippen molar-refractivity contribution in [2.75, 3.05) is 12.1 Å². The molecule has 0 bridgehead atoms. The molecule has 2 aromatic carbocycles. The molecule has 0 spiro atoms. The molecule has 114 valence electrons. The lowest BCUT2D eigenvalue weighted by Crippen LogP contribution is -2.28. The van der Waals surface area contributed by atoms with E-state index in [1.807, 2.05) is 18.2 Å². The van der Waals surface area contributed by atoms with Crippen molar-refractivity contribution >= 4 is 23.0 Å². The van der Waals surface area contributed by atoms with Gasteiger partial charge in [0.2, 0.25) is 6.79 Å². The van der Waals surface area contributed by atoms with E-state index in [0.717, 1.165) is 23.8 Å². The van der Waals surface area contributed by atoms with Gasteiger partial charge in [0.1, 0.15) is 11.6 Å². The standard InChI is InChI=1S/C15H12F2N2O2S/c16-10-2-3-11(17)12(6-10)19-15(22)18-7-9-1-4-13-14(5-9)21-8-20-13/h1-6H,7-8H2,(H2,18,19,22). The largest absolute Gasteiger partial charge is 0.454 e. The SMILES string of the molecule is Fc1ccc(F)c(NC(=S)NCc2ccc3c(c2)OCO3)c1. The third-order valence-electron chi connectivity index (χ3n) is 3.07. The van der Waals surface area contributed by atoms with Crippen molar-refractivity contribution in [1.82, 2.24) is 5.32 Å². The fourth-order valence-corrected chi connectivity index (χ4v) is 2.18. The van der Waals surface area contributed by atoms with Gasteiger partial charge in [-0.25, -0.2) is 8.78 Å². The average Bonchev–Trinajstić information content (AvgIpc) is 2.96. The zero-order valence-corrected chi connectivity index (χ0v) is 12.2. The number of halogens is 2. The van der Waals surface area contributed by atoms with Crippen LogP contribution in [0.25, 0.3) is 0 Å². The van der Waals surface area contributed by atoms with E-state index in [4.69, 9.17) is 21.7 Å². The van der Waals surface area contributed by atoms with Crippen molar-refractivity contribution < 1.29 is 18.3 Å². The van der Waals surface area contributed by atoms with Gasteiger partial charge in [0.15, 0.2) is 16.6 Å². The first-order chi connectivity index (χ1) is 10.6. The molecular formula is C15H12F2N2O2S.